The van der Waals surface area contributed by atoms with Crippen molar-refractivity contribution in [2.75, 3.05) is 145 Å². The van der Waals surface area contributed by atoms with Crippen LogP contribution in [0.1, 0.15) is 96.8 Å². The van der Waals surface area contributed by atoms with E-state index in [4.69, 9.17) is 57.2 Å². The Morgan fingerprint density at radius 1 is 0.333 bits per heavy atom. The first kappa shape index (κ1) is 50.0. The Kier molecular flexibility index (Phi) is 46.2. The maximum Gasteiger partial charge on any atom is 0.305 e. The lowest BCUT2D eigenvalue weighted by Crippen LogP contribution is -2.15. The van der Waals surface area contributed by atoms with Crippen LogP contribution in [-0.2, 0) is 56.9 Å². The summed E-state index contributed by atoms with van der Waals surface area (Å²) in [4.78, 5) is 11.9. The van der Waals surface area contributed by atoms with Gasteiger partial charge >= 0.3 is 5.97 Å². The molecule has 0 spiro atoms. The van der Waals surface area contributed by atoms with Crippen LogP contribution in [0.3, 0.4) is 0 Å². The van der Waals surface area contributed by atoms with Crippen LogP contribution in [0, 0.1) is 0 Å². The van der Waals surface area contributed by atoms with Gasteiger partial charge in [-0.2, -0.15) is 0 Å². The highest BCUT2D eigenvalue weighted by atomic mass is 16.6. The van der Waals surface area contributed by atoms with Crippen LogP contribution in [0.25, 0.3) is 0 Å². The van der Waals surface area contributed by atoms with E-state index in [0.717, 1.165) is 12.8 Å². The molecule has 0 bridgehead atoms. The summed E-state index contributed by atoms with van der Waals surface area (Å²) in [5.74, 6) is -0.133. The van der Waals surface area contributed by atoms with E-state index in [1.165, 1.54) is 70.6 Å². The van der Waals surface area contributed by atoms with Crippen LogP contribution in [0.5, 0.6) is 0 Å². The molecule has 0 heterocycles. The number of hydrogen-bond acceptors (Lipinski definition) is 13. The van der Waals surface area contributed by atoms with Gasteiger partial charge in [0.25, 0.3) is 0 Å². The molecule has 0 aromatic rings. The first-order valence-electron chi connectivity index (χ1n) is 19.8. The van der Waals surface area contributed by atoms with Crippen LogP contribution >= 0.6 is 0 Å². The molecule has 0 aliphatic carbocycles. The van der Waals surface area contributed by atoms with E-state index >= 15 is 0 Å². The van der Waals surface area contributed by atoms with Crippen molar-refractivity contribution >= 4 is 5.97 Å². The van der Waals surface area contributed by atoms with E-state index in [-0.39, 0.29) is 19.2 Å². The highest BCUT2D eigenvalue weighted by Gasteiger charge is 2.03. The van der Waals surface area contributed by atoms with Crippen molar-refractivity contribution in [1.82, 2.24) is 0 Å². The number of esters is 1. The minimum absolute atomic E-state index is 0.0239. The van der Waals surface area contributed by atoms with Gasteiger partial charge in [0, 0.05) is 6.42 Å². The standard InChI is InChI=1S/C38H76O13/c1-2-3-4-5-6-7-8-9-10-11-12-13-14-15-38(40)51-37-36-50-35-34-49-33-32-48-31-30-47-29-28-46-27-26-45-25-24-44-23-22-43-21-20-42-19-18-41-17-16-39/h39H,2-37H2,1H3. The number of rotatable bonds is 46. The van der Waals surface area contributed by atoms with Crippen LogP contribution in [0.15, 0.2) is 0 Å². The van der Waals surface area contributed by atoms with Gasteiger partial charge in [-0.25, -0.2) is 0 Å². The molecule has 306 valence electrons. The third-order valence-corrected chi connectivity index (χ3v) is 7.56. The zero-order valence-electron chi connectivity index (χ0n) is 32.3. The fraction of sp³-hybridized carbons (Fsp3) is 0.974. The predicted octanol–water partition coefficient (Wildman–Crippen LogP) is 5.17. The van der Waals surface area contributed by atoms with Crippen LogP contribution < -0.4 is 0 Å². The molecule has 51 heavy (non-hydrogen) atoms. The largest absolute Gasteiger partial charge is 0.463 e. The zero-order valence-corrected chi connectivity index (χ0v) is 32.3. The second-order valence-corrected chi connectivity index (χ2v) is 12.1. The number of aliphatic hydroxyl groups excluding tert-OH is 1. The average molecular weight is 741 g/mol. The predicted molar refractivity (Wildman–Crippen MR) is 197 cm³/mol. The normalized spacial score (nSPS) is 11.5. The summed E-state index contributed by atoms with van der Waals surface area (Å²) in [6.07, 6.45) is 17.3. The minimum Gasteiger partial charge on any atom is -0.463 e. The van der Waals surface area contributed by atoms with Gasteiger partial charge in [0.2, 0.25) is 0 Å². The first-order valence-corrected chi connectivity index (χ1v) is 19.8. The number of ether oxygens (including phenoxy) is 11. The van der Waals surface area contributed by atoms with Crippen molar-refractivity contribution in [3.05, 3.63) is 0 Å². The SMILES string of the molecule is CCCCCCCCCCCCCCCC(=O)OCCOCCOCCOCCOCCOCCOCCOCCOCCOCCOCCO. The third-order valence-electron chi connectivity index (χ3n) is 7.56. The van der Waals surface area contributed by atoms with Gasteiger partial charge in [0.15, 0.2) is 0 Å². The molecular formula is C38H76O13. The summed E-state index contributed by atoms with van der Waals surface area (Å²) in [6, 6.07) is 0. The molecule has 0 fully saturated rings. The second-order valence-electron chi connectivity index (χ2n) is 12.1. The molecule has 0 saturated heterocycles. The Hall–Kier alpha value is -0.970. The minimum atomic E-state index is -0.133. The molecule has 0 atom stereocenters. The van der Waals surface area contributed by atoms with E-state index < -0.39 is 0 Å². The van der Waals surface area contributed by atoms with Gasteiger partial charge in [-0.3, -0.25) is 4.79 Å². The van der Waals surface area contributed by atoms with Crippen molar-refractivity contribution in [2.24, 2.45) is 0 Å². The molecular weight excluding hydrogens is 664 g/mol. The molecule has 0 aromatic heterocycles. The lowest BCUT2D eigenvalue weighted by Gasteiger charge is -2.09. The van der Waals surface area contributed by atoms with E-state index in [9.17, 15) is 4.79 Å². The maximum atomic E-state index is 11.9. The fourth-order valence-electron chi connectivity index (χ4n) is 4.72. The molecule has 0 saturated carbocycles. The van der Waals surface area contributed by atoms with E-state index in [2.05, 4.69) is 6.92 Å². The summed E-state index contributed by atoms with van der Waals surface area (Å²) >= 11 is 0. The Labute approximate surface area is 309 Å². The molecule has 0 aromatic carbocycles. The topological polar surface area (TPSA) is 139 Å². The molecule has 1 N–H and O–H groups in total. The monoisotopic (exact) mass is 741 g/mol. The van der Waals surface area contributed by atoms with E-state index in [1.807, 2.05) is 0 Å². The van der Waals surface area contributed by atoms with E-state index in [1.54, 1.807) is 0 Å². The molecule has 0 aliphatic rings. The average Bonchev–Trinajstić information content (AvgIpc) is 3.14. The Morgan fingerprint density at radius 2 is 0.569 bits per heavy atom. The van der Waals surface area contributed by atoms with Gasteiger partial charge in [-0.1, -0.05) is 84.0 Å². The number of hydrogen-bond donors (Lipinski definition) is 1. The van der Waals surface area contributed by atoms with Crippen molar-refractivity contribution < 1.29 is 62.0 Å². The zero-order chi connectivity index (χ0) is 36.8. The highest BCUT2D eigenvalue weighted by Crippen LogP contribution is 2.13. The van der Waals surface area contributed by atoms with Gasteiger partial charge in [0.1, 0.15) is 6.61 Å². The van der Waals surface area contributed by atoms with Gasteiger partial charge < -0.3 is 57.2 Å². The maximum absolute atomic E-state index is 11.9. The molecule has 13 heteroatoms. The highest BCUT2D eigenvalue weighted by molar-refractivity contribution is 5.69. The number of aliphatic hydroxyl groups is 1. The number of unbranched alkanes of at least 4 members (excludes halogenated alkanes) is 12. The lowest BCUT2D eigenvalue weighted by molar-refractivity contribution is -0.145. The number of carbonyl (C=O) groups is 1. The Balaban J connectivity index is 3.12. The fourth-order valence-corrected chi connectivity index (χ4v) is 4.72. The van der Waals surface area contributed by atoms with Crippen molar-refractivity contribution in [3.8, 4) is 0 Å². The summed E-state index contributed by atoms with van der Waals surface area (Å²) < 4.78 is 59.4. The van der Waals surface area contributed by atoms with Crippen molar-refractivity contribution in [2.45, 2.75) is 96.8 Å². The van der Waals surface area contributed by atoms with Crippen molar-refractivity contribution in [3.63, 3.8) is 0 Å². The number of carbonyl (C=O) groups excluding carboxylic acids is 1. The van der Waals surface area contributed by atoms with Crippen LogP contribution in [0.2, 0.25) is 0 Å². The van der Waals surface area contributed by atoms with Crippen LogP contribution in [-0.4, -0.2) is 156 Å². The molecule has 0 radical (unpaired) electrons. The quantitative estimate of drug-likeness (QED) is 0.0650. The summed E-state index contributed by atoms with van der Waals surface area (Å²) in [5.41, 5.74) is 0. The van der Waals surface area contributed by atoms with Gasteiger partial charge in [-0.05, 0) is 6.42 Å². The van der Waals surface area contributed by atoms with Crippen LogP contribution in [0.4, 0.5) is 0 Å². The summed E-state index contributed by atoms with van der Waals surface area (Å²) in [5, 5.41) is 8.59. The van der Waals surface area contributed by atoms with E-state index in [0.29, 0.717) is 139 Å². The Morgan fingerprint density at radius 3 is 0.843 bits per heavy atom. The van der Waals surface area contributed by atoms with Gasteiger partial charge in [0.05, 0.1) is 139 Å². The molecule has 0 unspecified atom stereocenters. The summed E-state index contributed by atoms with van der Waals surface area (Å²) in [7, 11) is 0. The van der Waals surface area contributed by atoms with Gasteiger partial charge in [-0.15, -0.1) is 0 Å². The molecule has 0 rings (SSSR count). The Bertz CT molecular complexity index is 645. The van der Waals surface area contributed by atoms with Crippen molar-refractivity contribution in [1.29, 1.82) is 0 Å². The second kappa shape index (κ2) is 47.1. The lowest BCUT2D eigenvalue weighted by atomic mass is 10.0. The summed E-state index contributed by atoms with van der Waals surface area (Å²) in [6.45, 7) is 12.1. The molecule has 0 amide bonds. The molecule has 13 nitrogen and oxygen atoms in total. The third kappa shape index (κ3) is 47.0. The smallest absolute Gasteiger partial charge is 0.305 e. The molecule has 0 aliphatic heterocycles. The first-order chi connectivity index (χ1) is 25.3.